The molecule has 1 atom stereocenters. The molecule has 3 aliphatic rings. The van der Waals surface area contributed by atoms with Crippen LogP contribution in [0.3, 0.4) is 0 Å². The average molecular weight is 371 g/mol. The molecule has 3 heterocycles. The maximum atomic E-state index is 12.9. The van der Waals surface area contributed by atoms with Gasteiger partial charge >= 0.3 is 0 Å². The highest BCUT2D eigenvalue weighted by Crippen LogP contribution is 2.31. The number of likely N-dealkylation sites (tertiary alicyclic amines) is 2. The lowest BCUT2D eigenvalue weighted by molar-refractivity contribution is -0.154. The van der Waals surface area contributed by atoms with Crippen LogP contribution in [0.15, 0.2) is 30.3 Å². The van der Waals surface area contributed by atoms with Gasteiger partial charge in [-0.25, -0.2) is 0 Å². The van der Waals surface area contributed by atoms with Gasteiger partial charge in [-0.15, -0.1) is 0 Å². The fraction of sp³-hybridized carbons (Fsp3) is 0.619. The van der Waals surface area contributed by atoms with Crippen molar-refractivity contribution in [1.82, 2.24) is 9.80 Å². The van der Waals surface area contributed by atoms with Crippen LogP contribution in [0.1, 0.15) is 32.1 Å². The Labute approximate surface area is 161 Å². The van der Waals surface area contributed by atoms with E-state index in [1.165, 1.54) is 19.3 Å². The Morgan fingerprint density at radius 2 is 1.78 bits per heavy atom. The Kier molecular flexibility index (Phi) is 5.45. The highest BCUT2D eigenvalue weighted by atomic mass is 16.5. The molecule has 3 saturated heterocycles. The summed E-state index contributed by atoms with van der Waals surface area (Å²) < 4.78 is 6.04. The first-order valence-corrected chi connectivity index (χ1v) is 10.1. The number of nitrogens with zero attached hydrogens (tertiary/aromatic N) is 3. The Morgan fingerprint density at radius 1 is 1.00 bits per heavy atom. The second-order valence-electron chi connectivity index (χ2n) is 8.04. The fourth-order valence-electron chi connectivity index (χ4n) is 4.52. The number of hydrogen-bond donors (Lipinski definition) is 0. The number of piperidine rings is 2. The standard InChI is InChI=1S/C21H29N3O3/c25-19(14-22-11-5-2-6-12-22)23-13-7-10-21(16-23)17-24(20(26)15-27-21)18-8-3-1-4-9-18/h1,3-4,8-9H,2,5-7,10-17H2. The summed E-state index contributed by atoms with van der Waals surface area (Å²) in [7, 11) is 0. The van der Waals surface area contributed by atoms with Crippen LogP contribution in [-0.2, 0) is 14.3 Å². The predicted molar refractivity (Wildman–Crippen MR) is 104 cm³/mol. The average Bonchev–Trinajstić information content (AvgIpc) is 2.72. The zero-order valence-electron chi connectivity index (χ0n) is 15.9. The SMILES string of the molecule is O=C(CN1CCCCC1)N1CCCC2(C1)CN(c1ccccc1)C(=O)CO2. The molecule has 27 heavy (non-hydrogen) atoms. The van der Waals surface area contributed by atoms with E-state index in [4.69, 9.17) is 4.74 Å². The number of carbonyl (C=O) groups is 2. The molecule has 2 amide bonds. The summed E-state index contributed by atoms with van der Waals surface area (Å²) in [5, 5.41) is 0. The van der Waals surface area contributed by atoms with Crippen molar-refractivity contribution >= 4 is 17.5 Å². The highest BCUT2D eigenvalue weighted by Gasteiger charge is 2.44. The number of anilines is 1. The summed E-state index contributed by atoms with van der Waals surface area (Å²) >= 11 is 0. The molecule has 146 valence electrons. The van der Waals surface area contributed by atoms with Crippen LogP contribution in [-0.4, -0.2) is 73.1 Å². The molecule has 0 aromatic heterocycles. The Morgan fingerprint density at radius 3 is 2.56 bits per heavy atom. The summed E-state index contributed by atoms with van der Waals surface area (Å²) in [5.74, 6) is 0.186. The number of hydrogen-bond acceptors (Lipinski definition) is 4. The molecule has 3 fully saturated rings. The van der Waals surface area contributed by atoms with Gasteiger partial charge in [0.2, 0.25) is 5.91 Å². The zero-order chi connectivity index (χ0) is 18.7. The van der Waals surface area contributed by atoms with E-state index >= 15 is 0 Å². The summed E-state index contributed by atoms with van der Waals surface area (Å²) in [6, 6.07) is 9.75. The molecule has 1 aromatic carbocycles. The van der Waals surface area contributed by atoms with Crippen LogP contribution < -0.4 is 4.90 Å². The maximum Gasteiger partial charge on any atom is 0.253 e. The third kappa shape index (κ3) is 4.17. The third-order valence-electron chi connectivity index (χ3n) is 6.02. The van der Waals surface area contributed by atoms with Crippen LogP contribution in [0.2, 0.25) is 0 Å². The second-order valence-corrected chi connectivity index (χ2v) is 8.04. The van der Waals surface area contributed by atoms with E-state index in [9.17, 15) is 9.59 Å². The van der Waals surface area contributed by atoms with E-state index < -0.39 is 5.60 Å². The lowest BCUT2D eigenvalue weighted by Crippen LogP contribution is -2.62. The first kappa shape index (κ1) is 18.4. The molecule has 3 aliphatic heterocycles. The number of benzene rings is 1. The van der Waals surface area contributed by atoms with Gasteiger partial charge < -0.3 is 14.5 Å². The molecule has 0 aliphatic carbocycles. The second kappa shape index (κ2) is 7.98. The molecule has 4 rings (SSSR count). The molecule has 1 aromatic rings. The quantitative estimate of drug-likeness (QED) is 0.814. The maximum absolute atomic E-state index is 12.9. The lowest BCUT2D eigenvalue weighted by Gasteiger charge is -2.48. The monoisotopic (exact) mass is 371 g/mol. The van der Waals surface area contributed by atoms with Gasteiger partial charge in [0.25, 0.3) is 5.91 Å². The predicted octanol–water partition coefficient (Wildman–Crippen LogP) is 1.90. The van der Waals surface area contributed by atoms with Gasteiger partial charge in [0.05, 0.1) is 19.6 Å². The van der Waals surface area contributed by atoms with Gasteiger partial charge in [0, 0.05) is 12.2 Å². The van der Waals surface area contributed by atoms with E-state index in [1.807, 2.05) is 40.1 Å². The molecule has 0 N–H and O–H groups in total. The Hall–Kier alpha value is -1.92. The third-order valence-corrected chi connectivity index (χ3v) is 6.02. The van der Waals surface area contributed by atoms with Crippen LogP contribution in [0, 0.1) is 0 Å². The zero-order valence-corrected chi connectivity index (χ0v) is 15.9. The summed E-state index contributed by atoms with van der Waals surface area (Å²) in [6.45, 7) is 4.53. The van der Waals surface area contributed by atoms with Crippen molar-refractivity contribution in [3.05, 3.63) is 30.3 Å². The number of ether oxygens (including phenoxy) is 1. The minimum atomic E-state index is -0.445. The molecule has 6 heteroatoms. The Balaban J connectivity index is 1.43. The van der Waals surface area contributed by atoms with E-state index in [2.05, 4.69) is 4.90 Å². The van der Waals surface area contributed by atoms with Gasteiger partial charge in [0.15, 0.2) is 0 Å². The molecule has 6 nitrogen and oxygen atoms in total. The lowest BCUT2D eigenvalue weighted by atomic mass is 9.90. The van der Waals surface area contributed by atoms with E-state index in [-0.39, 0.29) is 18.4 Å². The van der Waals surface area contributed by atoms with E-state index in [0.717, 1.165) is 38.2 Å². The number of rotatable bonds is 3. The minimum Gasteiger partial charge on any atom is -0.361 e. The van der Waals surface area contributed by atoms with Gasteiger partial charge in [-0.1, -0.05) is 24.6 Å². The first-order chi connectivity index (χ1) is 13.2. The molecule has 0 bridgehead atoms. The van der Waals surface area contributed by atoms with Crippen molar-refractivity contribution in [1.29, 1.82) is 0 Å². The Bertz CT molecular complexity index is 675. The summed E-state index contributed by atoms with van der Waals surface area (Å²) in [6.07, 6.45) is 5.46. The van der Waals surface area contributed by atoms with Crippen molar-refractivity contribution in [3.63, 3.8) is 0 Å². The normalized spacial score (nSPS) is 27.2. The summed E-state index contributed by atoms with van der Waals surface area (Å²) in [4.78, 5) is 31.3. The van der Waals surface area contributed by atoms with Crippen molar-refractivity contribution in [2.45, 2.75) is 37.7 Å². The van der Waals surface area contributed by atoms with Gasteiger partial charge in [0.1, 0.15) is 12.2 Å². The molecular formula is C21H29N3O3. The van der Waals surface area contributed by atoms with Crippen molar-refractivity contribution < 1.29 is 14.3 Å². The van der Waals surface area contributed by atoms with Crippen LogP contribution in [0.5, 0.6) is 0 Å². The van der Waals surface area contributed by atoms with E-state index in [1.54, 1.807) is 0 Å². The van der Waals surface area contributed by atoms with Crippen molar-refractivity contribution in [2.24, 2.45) is 0 Å². The number of amides is 2. The van der Waals surface area contributed by atoms with Crippen molar-refractivity contribution in [2.75, 3.05) is 50.8 Å². The van der Waals surface area contributed by atoms with Gasteiger partial charge in [-0.3, -0.25) is 14.5 Å². The first-order valence-electron chi connectivity index (χ1n) is 10.1. The van der Waals surface area contributed by atoms with Crippen LogP contribution in [0.4, 0.5) is 5.69 Å². The minimum absolute atomic E-state index is 0.0106. The fourth-order valence-corrected chi connectivity index (χ4v) is 4.52. The van der Waals surface area contributed by atoms with Crippen LogP contribution >= 0.6 is 0 Å². The molecule has 1 spiro atoms. The van der Waals surface area contributed by atoms with E-state index in [0.29, 0.717) is 19.6 Å². The molecule has 1 unspecified atom stereocenters. The molecule has 0 radical (unpaired) electrons. The van der Waals surface area contributed by atoms with Gasteiger partial charge in [-0.2, -0.15) is 0 Å². The number of morpholine rings is 1. The van der Waals surface area contributed by atoms with Crippen LogP contribution in [0.25, 0.3) is 0 Å². The summed E-state index contributed by atoms with van der Waals surface area (Å²) in [5.41, 5.74) is 0.460. The number of para-hydroxylation sites is 1. The highest BCUT2D eigenvalue weighted by molar-refractivity contribution is 5.95. The number of carbonyl (C=O) groups excluding carboxylic acids is 2. The van der Waals surface area contributed by atoms with Crippen molar-refractivity contribution in [3.8, 4) is 0 Å². The van der Waals surface area contributed by atoms with Gasteiger partial charge in [-0.05, 0) is 50.9 Å². The topological polar surface area (TPSA) is 53.1 Å². The smallest absolute Gasteiger partial charge is 0.253 e. The molecule has 0 saturated carbocycles. The largest absolute Gasteiger partial charge is 0.361 e. The molecular weight excluding hydrogens is 342 g/mol.